The second-order valence-corrected chi connectivity index (χ2v) is 3.65. The van der Waals surface area contributed by atoms with E-state index in [0.29, 0.717) is 5.13 Å². The van der Waals surface area contributed by atoms with Crippen LogP contribution in [0.15, 0.2) is 5.38 Å². The third kappa shape index (κ3) is 2.78. The van der Waals surface area contributed by atoms with E-state index in [-0.39, 0.29) is 11.9 Å². The molecule has 1 heterocycles. The fourth-order valence-electron chi connectivity index (χ4n) is 0.756. The summed E-state index contributed by atoms with van der Waals surface area (Å²) < 4.78 is 0. The van der Waals surface area contributed by atoms with Crippen LogP contribution in [0.25, 0.3) is 0 Å². The van der Waals surface area contributed by atoms with Gasteiger partial charge in [-0.05, 0) is 20.9 Å². The van der Waals surface area contributed by atoms with Gasteiger partial charge >= 0.3 is 0 Å². The number of rotatable bonds is 3. The number of thiazole rings is 1. The Bertz CT molecular complexity index is 297. The predicted molar refractivity (Wildman–Crippen MR) is 54.0 cm³/mol. The smallest absolute Gasteiger partial charge is 0.242 e. The van der Waals surface area contributed by atoms with E-state index in [1.54, 1.807) is 14.0 Å². The molecule has 1 aromatic heterocycles. The van der Waals surface area contributed by atoms with E-state index in [1.807, 2.05) is 12.3 Å². The van der Waals surface area contributed by atoms with Crippen LogP contribution >= 0.6 is 11.3 Å². The van der Waals surface area contributed by atoms with Gasteiger partial charge in [0.25, 0.3) is 0 Å². The molecule has 2 N–H and O–H groups in total. The molecule has 4 nitrogen and oxygen atoms in total. The van der Waals surface area contributed by atoms with Crippen LogP contribution in [0.1, 0.15) is 12.6 Å². The zero-order valence-corrected chi connectivity index (χ0v) is 8.73. The van der Waals surface area contributed by atoms with E-state index in [2.05, 4.69) is 15.6 Å². The number of carbonyl (C=O) groups excluding carboxylic acids is 1. The van der Waals surface area contributed by atoms with Gasteiger partial charge in [-0.25, -0.2) is 4.98 Å². The van der Waals surface area contributed by atoms with Gasteiger partial charge in [0.15, 0.2) is 5.13 Å². The Kier molecular flexibility index (Phi) is 3.39. The highest BCUT2D eigenvalue weighted by Gasteiger charge is 2.11. The van der Waals surface area contributed by atoms with Gasteiger partial charge in [0.05, 0.1) is 11.7 Å². The molecule has 1 atom stereocenters. The Labute approximate surface area is 81.4 Å². The molecule has 0 spiro atoms. The molecule has 1 rings (SSSR count). The molecule has 13 heavy (non-hydrogen) atoms. The Morgan fingerprint density at radius 3 is 2.85 bits per heavy atom. The average molecular weight is 199 g/mol. The third-order valence-corrected chi connectivity index (χ3v) is 2.55. The number of hydrogen-bond acceptors (Lipinski definition) is 4. The molecule has 0 fully saturated rings. The molecule has 72 valence electrons. The van der Waals surface area contributed by atoms with Crippen molar-refractivity contribution in [3.8, 4) is 0 Å². The number of amides is 1. The summed E-state index contributed by atoms with van der Waals surface area (Å²) in [6.07, 6.45) is 0. The largest absolute Gasteiger partial charge is 0.309 e. The van der Waals surface area contributed by atoms with Crippen molar-refractivity contribution in [1.82, 2.24) is 10.3 Å². The first kappa shape index (κ1) is 10.1. The van der Waals surface area contributed by atoms with Crippen LogP contribution in [-0.2, 0) is 4.79 Å². The summed E-state index contributed by atoms with van der Waals surface area (Å²) in [7, 11) is 1.75. The SMILES string of the molecule is CNC(C)C(=O)Nc1nc(C)cs1. The fraction of sp³-hybridized carbons (Fsp3) is 0.500. The number of carbonyl (C=O) groups is 1. The summed E-state index contributed by atoms with van der Waals surface area (Å²) in [6, 6.07) is -0.191. The molecule has 0 aromatic carbocycles. The fourth-order valence-corrected chi connectivity index (χ4v) is 1.45. The first-order valence-electron chi connectivity index (χ1n) is 4.03. The van der Waals surface area contributed by atoms with Gasteiger partial charge in [-0.1, -0.05) is 0 Å². The number of hydrogen-bond donors (Lipinski definition) is 2. The van der Waals surface area contributed by atoms with Crippen molar-refractivity contribution in [3.63, 3.8) is 0 Å². The Morgan fingerprint density at radius 2 is 2.38 bits per heavy atom. The summed E-state index contributed by atoms with van der Waals surface area (Å²) >= 11 is 1.43. The van der Waals surface area contributed by atoms with Gasteiger partial charge < -0.3 is 10.6 Å². The Morgan fingerprint density at radius 1 is 1.69 bits per heavy atom. The van der Waals surface area contributed by atoms with Crippen LogP contribution in [0.4, 0.5) is 5.13 Å². The predicted octanol–water partition coefficient (Wildman–Crippen LogP) is 0.998. The molecule has 0 aliphatic carbocycles. The monoisotopic (exact) mass is 199 g/mol. The van der Waals surface area contributed by atoms with Crippen LogP contribution in [0.5, 0.6) is 0 Å². The maximum Gasteiger partial charge on any atom is 0.242 e. The van der Waals surface area contributed by atoms with E-state index in [0.717, 1.165) is 5.69 Å². The molecule has 1 amide bonds. The number of nitrogens with one attached hydrogen (secondary N) is 2. The van der Waals surface area contributed by atoms with Gasteiger partial charge in [-0.3, -0.25) is 4.79 Å². The van der Waals surface area contributed by atoms with Gasteiger partial charge in [-0.15, -0.1) is 11.3 Å². The first-order chi connectivity index (χ1) is 6.13. The quantitative estimate of drug-likeness (QED) is 0.763. The lowest BCUT2D eigenvalue weighted by Gasteiger charge is -2.08. The average Bonchev–Trinajstić information content (AvgIpc) is 2.49. The minimum atomic E-state index is -0.191. The Hall–Kier alpha value is -0.940. The highest BCUT2D eigenvalue weighted by atomic mass is 32.1. The lowest BCUT2D eigenvalue weighted by Crippen LogP contribution is -2.35. The first-order valence-corrected chi connectivity index (χ1v) is 4.91. The third-order valence-electron chi connectivity index (χ3n) is 1.68. The molecule has 1 aromatic rings. The lowest BCUT2D eigenvalue weighted by atomic mass is 10.3. The molecule has 0 radical (unpaired) electrons. The topological polar surface area (TPSA) is 54.0 Å². The number of aryl methyl sites for hydroxylation is 1. The normalized spacial score (nSPS) is 12.5. The van der Waals surface area contributed by atoms with Crippen LogP contribution in [-0.4, -0.2) is 24.0 Å². The van der Waals surface area contributed by atoms with Crippen LogP contribution in [0.3, 0.4) is 0 Å². The van der Waals surface area contributed by atoms with Crippen LogP contribution in [0, 0.1) is 6.92 Å². The molecule has 0 aliphatic rings. The minimum Gasteiger partial charge on any atom is -0.309 e. The summed E-state index contributed by atoms with van der Waals surface area (Å²) in [4.78, 5) is 15.5. The van der Waals surface area contributed by atoms with Gasteiger partial charge in [0, 0.05) is 5.38 Å². The minimum absolute atomic E-state index is 0.0585. The summed E-state index contributed by atoms with van der Waals surface area (Å²) in [5.41, 5.74) is 0.928. The van der Waals surface area contributed by atoms with Crippen molar-refractivity contribution in [2.45, 2.75) is 19.9 Å². The highest BCUT2D eigenvalue weighted by Crippen LogP contribution is 2.14. The van der Waals surface area contributed by atoms with E-state index < -0.39 is 0 Å². The van der Waals surface area contributed by atoms with Gasteiger partial charge in [-0.2, -0.15) is 0 Å². The maximum absolute atomic E-state index is 11.3. The number of anilines is 1. The second-order valence-electron chi connectivity index (χ2n) is 2.79. The summed E-state index contributed by atoms with van der Waals surface area (Å²) in [5.74, 6) is -0.0585. The van der Waals surface area contributed by atoms with Crippen molar-refractivity contribution in [2.24, 2.45) is 0 Å². The van der Waals surface area contributed by atoms with Crippen LogP contribution in [0.2, 0.25) is 0 Å². The lowest BCUT2D eigenvalue weighted by molar-refractivity contribution is -0.117. The molecule has 0 saturated carbocycles. The van der Waals surface area contributed by atoms with Crippen molar-refractivity contribution < 1.29 is 4.79 Å². The molecular weight excluding hydrogens is 186 g/mol. The molecule has 1 unspecified atom stereocenters. The van der Waals surface area contributed by atoms with Crippen LogP contribution < -0.4 is 10.6 Å². The zero-order valence-electron chi connectivity index (χ0n) is 7.92. The van der Waals surface area contributed by atoms with Gasteiger partial charge in [0.1, 0.15) is 0 Å². The van der Waals surface area contributed by atoms with Crippen molar-refractivity contribution in [1.29, 1.82) is 0 Å². The zero-order chi connectivity index (χ0) is 9.84. The molecule has 0 aliphatic heterocycles. The summed E-state index contributed by atoms with van der Waals surface area (Å²) in [5, 5.41) is 8.14. The molecule has 0 bridgehead atoms. The number of aromatic nitrogens is 1. The standard InChI is InChI=1S/C8H13N3OS/c1-5-4-13-8(10-5)11-7(12)6(2)9-3/h4,6,9H,1-3H3,(H,10,11,12). The van der Waals surface area contributed by atoms with Crippen molar-refractivity contribution in [3.05, 3.63) is 11.1 Å². The number of nitrogens with zero attached hydrogens (tertiary/aromatic N) is 1. The van der Waals surface area contributed by atoms with E-state index >= 15 is 0 Å². The maximum atomic E-state index is 11.3. The van der Waals surface area contributed by atoms with Crippen molar-refractivity contribution in [2.75, 3.05) is 12.4 Å². The molecular formula is C8H13N3OS. The number of likely N-dealkylation sites (N-methyl/N-ethyl adjacent to an activating group) is 1. The second kappa shape index (κ2) is 4.34. The molecule has 0 saturated heterocycles. The van der Waals surface area contributed by atoms with E-state index in [1.165, 1.54) is 11.3 Å². The Balaban J connectivity index is 2.54. The van der Waals surface area contributed by atoms with E-state index in [9.17, 15) is 4.79 Å². The highest BCUT2D eigenvalue weighted by molar-refractivity contribution is 7.13. The van der Waals surface area contributed by atoms with Gasteiger partial charge in [0.2, 0.25) is 5.91 Å². The van der Waals surface area contributed by atoms with E-state index in [4.69, 9.17) is 0 Å². The summed E-state index contributed by atoms with van der Waals surface area (Å²) in [6.45, 7) is 3.70. The van der Waals surface area contributed by atoms with Crippen molar-refractivity contribution >= 4 is 22.4 Å². The molecule has 5 heteroatoms.